The van der Waals surface area contributed by atoms with E-state index in [0.29, 0.717) is 16.4 Å². The van der Waals surface area contributed by atoms with E-state index in [1.807, 2.05) is 6.07 Å². The average molecular weight is 325 g/mol. The maximum atomic E-state index is 11.6. The van der Waals surface area contributed by atoms with Crippen LogP contribution >= 0.6 is 22.9 Å². The van der Waals surface area contributed by atoms with Gasteiger partial charge in [-0.25, -0.2) is 4.98 Å². The summed E-state index contributed by atoms with van der Waals surface area (Å²) in [5.74, 6) is -0.670. The number of halogens is 1. The van der Waals surface area contributed by atoms with Gasteiger partial charge >= 0.3 is 0 Å². The number of hydrogen-bond donors (Lipinski definition) is 3. The van der Waals surface area contributed by atoms with Crippen molar-refractivity contribution in [3.63, 3.8) is 0 Å². The van der Waals surface area contributed by atoms with Crippen molar-refractivity contribution in [3.05, 3.63) is 34.3 Å². The third-order valence-electron chi connectivity index (χ3n) is 2.51. The van der Waals surface area contributed by atoms with E-state index >= 15 is 0 Å². The smallest absolute Gasteiger partial charge is 0.244 e. The zero-order chi connectivity index (χ0) is 15.4. The van der Waals surface area contributed by atoms with Crippen LogP contribution in [0.4, 0.5) is 5.69 Å². The molecule has 0 bridgehead atoms. The van der Waals surface area contributed by atoms with Crippen LogP contribution in [0.5, 0.6) is 0 Å². The first-order chi connectivity index (χ1) is 9.95. The molecule has 110 valence electrons. The number of carbonyl (C=O) groups excluding carboxylic acids is 2. The summed E-state index contributed by atoms with van der Waals surface area (Å²) in [7, 11) is 0. The molecule has 4 N–H and O–H groups in total. The van der Waals surface area contributed by atoms with Gasteiger partial charge < -0.3 is 5.73 Å². The molecule has 2 amide bonds. The van der Waals surface area contributed by atoms with Crippen molar-refractivity contribution < 1.29 is 9.59 Å². The van der Waals surface area contributed by atoms with Crippen LogP contribution in [0, 0.1) is 0 Å². The summed E-state index contributed by atoms with van der Waals surface area (Å²) >= 11 is 7.28. The highest BCUT2D eigenvalue weighted by molar-refractivity contribution is 7.13. The maximum Gasteiger partial charge on any atom is 0.244 e. The van der Waals surface area contributed by atoms with Gasteiger partial charge in [0.25, 0.3) is 0 Å². The zero-order valence-corrected chi connectivity index (χ0v) is 12.7. The van der Waals surface area contributed by atoms with Crippen molar-refractivity contribution in [2.75, 3.05) is 5.73 Å². The minimum absolute atomic E-state index is 0.0832. The molecule has 0 radical (unpaired) electrons. The molecule has 0 aliphatic carbocycles. The molecule has 0 saturated carbocycles. The number of nitrogens with zero attached hydrogens (tertiary/aromatic N) is 1. The molecule has 0 fully saturated rings. The number of carbonyl (C=O) groups is 2. The van der Waals surface area contributed by atoms with Crippen LogP contribution in [0.1, 0.15) is 12.6 Å². The summed E-state index contributed by atoms with van der Waals surface area (Å²) in [6, 6.07) is 5.26. The lowest BCUT2D eigenvalue weighted by atomic mass is 10.2. The number of hydrazine groups is 1. The molecule has 2 rings (SSSR count). The lowest BCUT2D eigenvalue weighted by molar-refractivity contribution is -0.127. The van der Waals surface area contributed by atoms with Gasteiger partial charge in [0.15, 0.2) is 0 Å². The predicted molar refractivity (Wildman–Crippen MR) is 82.6 cm³/mol. The van der Waals surface area contributed by atoms with Crippen LogP contribution in [0.3, 0.4) is 0 Å². The van der Waals surface area contributed by atoms with E-state index < -0.39 is 0 Å². The highest BCUT2D eigenvalue weighted by Crippen LogP contribution is 2.29. The normalized spacial score (nSPS) is 10.2. The van der Waals surface area contributed by atoms with Gasteiger partial charge in [0.05, 0.1) is 22.8 Å². The first-order valence-electron chi connectivity index (χ1n) is 6.01. The lowest BCUT2D eigenvalue weighted by Gasteiger charge is -2.03. The average Bonchev–Trinajstić information content (AvgIpc) is 2.88. The van der Waals surface area contributed by atoms with Crippen molar-refractivity contribution in [3.8, 4) is 10.6 Å². The minimum atomic E-state index is -0.335. The van der Waals surface area contributed by atoms with Gasteiger partial charge in [-0.3, -0.25) is 20.4 Å². The van der Waals surface area contributed by atoms with Crippen LogP contribution in [0.25, 0.3) is 10.6 Å². The fourth-order valence-corrected chi connectivity index (χ4v) is 2.50. The van der Waals surface area contributed by atoms with E-state index in [0.717, 1.165) is 10.6 Å². The van der Waals surface area contributed by atoms with Gasteiger partial charge in [-0.1, -0.05) is 17.7 Å². The van der Waals surface area contributed by atoms with Gasteiger partial charge in [-0.05, 0) is 12.1 Å². The Morgan fingerprint density at radius 1 is 1.38 bits per heavy atom. The molecule has 21 heavy (non-hydrogen) atoms. The first kappa shape index (κ1) is 15.3. The van der Waals surface area contributed by atoms with Crippen molar-refractivity contribution in [1.82, 2.24) is 15.8 Å². The molecule has 2 aromatic rings. The molecular formula is C13H13ClN4O2S. The number of nitrogens with two attached hydrogens (primary N) is 1. The van der Waals surface area contributed by atoms with Gasteiger partial charge in [-0.2, -0.15) is 0 Å². The maximum absolute atomic E-state index is 11.6. The monoisotopic (exact) mass is 324 g/mol. The van der Waals surface area contributed by atoms with E-state index in [-0.39, 0.29) is 18.2 Å². The topological polar surface area (TPSA) is 97.1 Å². The number of nitrogen functional groups attached to an aromatic ring is 1. The Balaban J connectivity index is 2.05. The molecule has 0 saturated heterocycles. The van der Waals surface area contributed by atoms with Crippen LogP contribution in [-0.4, -0.2) is 16.8 Å². The number of rotatable bonds is 3. The quantitative estimate of drug-likeness (QED) is 0.592. The second kappa shape index (κ2) is 6.55. The largest absolute Gasteiger partial charge is 0.398 e. The van der Waals surface area contributed by atoms with Crippen LogP contribution in [0.2, 0.25) is 5.02 Å². The van der Waals surface area contributed by atoms with Crippen molar-refractivity contribution in [1.29, 1.82) is 0 Å². The van der Waals surface area contributed by atoms with E-state index in [9.17, 15) is 9.59 Å². The molecule has 1 aromatic carbocycles. The Kier molecular flexibility index (Phi) is 4.77. The van der Waals surface area contributed by atoms with E-state index in [1.165, 1.54) is 18.3 Å². The van der Waals surface area contributed by atoms with Crippen LogP contribution < -0.4 is 16.6 Å². The Morgan fingerprint density at radius 3 is 2.81 bits per heavy atom. The van der Waals surface area contributed by atoms with E-state index in [4.69, 9.17) is 17.3 Å². The third kappa shape index (κ3) is 4.17. The molecule has 0 spiro atoms. The second-order valence-electron chi connectivity index (χ2n) is 4.29. The minimum Gasteiger partial charge on any atom is -0.398 e. The third-order valence-corrected chi connectivity index (χ3v) is 3.80. The summed E-state index contributed by atoms with van der Waals surface area (Å²) in [5, 5.41) is 3.03. The van der Waals surface area contributed by atoms with Gasteiger partial charge in [0.2, 0.25) is 11.8 Å². The molecular weight excluding hydrogens is 312 g/mol. The highest BCUT2D eigenvalue weighted by atomic mass is 35.5. The molecule has 0 unspecified atom stereocenters. The molecule has 0 aliphatic rings. The van der Waals surface area contributed by atoms with Crippen molar-refractivity contribution >= 4 is 40.4 Å². The molecule has 1 aromatic heterocycles. The number of hydrogen-bond acceptors (Lipinski definition) is 5. The summed E-state index contributed by atoms with van der Waals surface area (Å²) < 4.78 is 0. The van der Waals surface area contributed by atoms with Crippen molar-refractivity contribution in [2.45, 2.75) is 13.3 Å². The number of benzene rings is 1. The molecule has 8 heteroatoms. The zero-order valence-electron chi connectivity index (χ0n) is 11.1. The Bertz CT molecular complexity index is 687. The highest BCUT2D eigenvalue weighted by Gasteiger charge is 2.10. The number of amides is 2. The van der Waals surface area contributed by atoms with E-state index in [1.54, 1.807) is 17.5 Å². The van der Waals surface area contributed by atoms with Crippen LogP contribution in [-0.2, 0) is 16.0 Å². The SMILES string of the molecule is CC(=O)NNC(=O)Cc1csc(-c2ccc(Cl)c(N)c2)n1. The van der Waals surface area contributed by atoms with Gasteiger partial charge in [-0.15, -0.1) is 11.3 Å². The molecule has 0 atom stereocenters. The molecule has 1 heterocycles. The fourth-order valence-electron chi connectivity index (χ4n) is 1.56. The van der Waals surface area contributed by atoms with Gasteiger partial charge in [0, 0.05) is 17.9 Å². The number of aromatic nitrogens is 1. The first-order valence-corrected chi connectivity index (χ1v) is 7.26. The van der Waals surface area contributed by atoms with Crippen LogP contribution in [0.15, 0.2) is 23.6 Å². The summed E-state index contributed by atoms with van der Waals surface area (Å²) in [5.41, 5.74) is 12.2. The summed E-state index contributed by atoms with van der Waals surface area (Å²) in [6.45, 7) is 1.31. The predicted octanol–water partition coefficient (Wildman–Crippen LogP) is 1.76. The number of thiazole rings is 1. The van der Waals surface area contributed by atoms with Gasteiger partial charge in [0.1, 0.15) is 5.01 Å². The Hall–Kier alpha value is -2.12. The standard InChI is InChI=1S/C13H13ClN4O2S/c1-7(19)17-18-12(20)5-9-6-21-13(16-9)8-2-3-10(14)11(15)4-8/h2-4,6H,5,15H2,1H3,(H,17,19)(H,18,20). The molecule has 6 nitrogen and oxygen atoms in total. The lowest BCUT2D eigenvalue weighted by Crippen LogP contribution is -2.41. The summed E-state index contributed by atoms with van der Waals surface area (Å²) in [6.07, 6.45) is 0.0832. The Labute approximate surface area is 130 Å². The number of nitrogens with one attached hydrogen (secondary N) is 2. The number of anilines is 1. The van der Waals surface area contributed by atoms with Crippen molar-refractivity contribution in [2.24, 2.45) is 0 Å². The molecule has 0 aliphatic heterocycles. The summed E-state index contributed by atoms with van der Waals surface area (Å²) in [4.78, 5) is 26.6. The van der Waals surface area contributed by atoms with E-state index in [2.05, 4.69) is 15.8 Å². The Morgan fingerprint density at radius 2 is 2.14 bits per heavy atom. The fraction of sp³-hybridized carbons (Fsp3) is 0.154. The second-order valence-corrected chi connectivity index (χ2v) is 5.55.